The van der Waals surface area contributed by atoms with Gasteiger partial charge in [-0.1, -0.05) is 85.5 Å². The van der Waals surface area contributed by atoms with Crippen molar-refractivity contribution in [3.05, 3.63) is 0 Å². The molecule has 0 rings (SSSR count). The normalized spacial score (nSPS) is 14.6. The number of unbranched alkanes of at least 4 members (excludes halogenated alkanes) is 7. The fourth-order valence-electron chi connectivity index (χ4n) is 3.34. The molecule has 0 aromatic heterocycles. The van der Waals surface area contributed by atoms with E-state index in [1.165, 1.54) is 83.7 Å². The third-order valence-corrected chi connectivity index (χ3v) is 4.60. The van der Waals surface area contributed by atoms with Crippen molar-refractivity contribution < 1.29 is 0 Å². The molecule has 2 atom stereocenters. The van der Waals surface area contributed by atoms with Crippen molar-refractivity contribution in [1.29, 1.82) is 0 Å². The van der Waals surface area contributed by atoms with Gasteiger partial charge in [0.15, 0.2) is 0 Å². The van der Waals surface area contributed by atoms with Gasteiger partial charge in [0.2, 0.25) is 0 Å². The molecule has 0 heterocycles. The lowest BCUT2D eigenvalue weighted by molar-refractivity contribution is 0.236. The molecule has 1 nitrogen and oxygen atoms in total. The van der Waals surface area contributed by atoms with Crippen molar-refractivity contribution in [3.63, 3.8) is 0 Å². The number of rotatable bonds is 15. The minimum atomic E-state index is 0.864. The largest absolute Gasteiger partial charge is 0.306 e. The van der Waals surface area contributed by atoms with Crippen LogP contribution in [0.4, 0.5) is 0 Å². The summed E-state index contributed by atoms with van der Waals surface area (Å²) in [5.74, 6) is 1.73. The Morgan fingerprint density at radius 1 is 0.619 bits per heavy atom. The van der Waals surface area contributed by atoms with Crippen LogP contribution in [0.25, 0.3) is 0 Å². The summed E-state index contributed by atoms with van der Waals surface area (Å²) in [5, 5.41) is 0. The predicted octanol–water partition coefficient (Wildman–Crippen LogP) is 6.52. The van der Waals surface area contributed by atoms with E-state index in [0.717, 1.165) is 11.8 Å². The maximum atomic E-state index is 2.57. The summed E-state index contributed by atoms with van der Waals surface area (Å²) < 4.78 is 0. The van der Waals surface area contributed by atoms with E-state index >= 15 is 0 Å². The van der Waals surface area contributed by atoms with E-state index in [0.29, 0.717) is 0 Å². The highest BCUT2D eigenvalue weighted by Crippen LogP contribution is 2.15. The zero-order valence-corrected chi connectivity index (χ0v) is 15.8. The SMILES string of the molecule is CCCCCCCC(C)CN(C)CC(C)CCCCCC. The summed E-state index contributed by atoms with van der Waals surface area (Å²) in [5.41, 5.74) is 0. The summed E-state index contributed by atoms with van der Waals surface area (Å²) in [4.78, 5) is 2.57. The van der Waals surface area contributed by atoms with Gasteiger partial charge in [-0.2, -0.15) is 0 Å². The predicted molar refractivity (Wildman–Crippen MR) is 98.0 cm³/mol. The van der Waals surface area contributed by atoms with Crippen LogP contribution in [0.5, 0.6) is 0 Å². The lowest BCUT2D eigenvalue weighted by Gasteiger charge is -2.24. The highest BCUT2D eigenvalue weighted by Gasteiger charge is 2.10. The highest BCUT2D eigenvalue weighted by molar-refractivity contribution is 4.64. The topological polar surface area (TPSA) is 3.24 Å². The van der Waals surface area contributed by atoms with Crippen molar-refractivity contribution >= 4 is 0 Å². The minimum absolute atomic E-state index is 0.864. The van der Waals surface area contributed by atoms with E-state index in [4.69, 9.17) is 0 Å². The van der Waals surface area contributed by atoms with E-state index in [2.05, 4.69) is 39.6 Å². The van der Waals surface area contributed by atoms with Gasteiger partial charge in [0.25, 0.3) is 0 Å². The lowest BCUT2D eigenvalue weighted by Crippen LogP contribution is -2.29. The number of hydrogen-bond donors (Lipinski definition) is 0. The third kappa shape index (κ3) is 14.7. The monoisotopic (exact) mass is 297 g/mol. The quantitative estimate of drug-likeness (QED) is 0.311. The van der Waals surface area contributed by atoms with Gasteiger partial charge in [-0.25, -0.2) is 0 Å². The molecule has 1 heteroatoms. The zero-order chi connectivity index (χ0) is 15.9. The van der Waals surface area contributed by atoms with Crippen LogP contribution in [0.1, 0.15) is 98.3 Å². The molecule has 0 radical (unpaired) electrons. The van der Waals surface area contributed by atoms with Gasteiger partial charge in [-0.15, -0.1) is 0 Å². The molecule has 0 saturated carbocycles. The van der Waals surface area contributed by atoms with Gasteiger partial charge in [0.1, 0.15) is 0 Å². The molecular formula is C20H43N. The van der Waals surface area contributed by atoms with Crippen LogP contribution < -0.4 is 0 Å². The van der Waals surface area contributed by atoms with Gasteiger partial charge in [-0.05, 0) is 31.7 Å². The van der Waals surface area contributed by atoms with E-state index in [-0.39, 0.29) is 0 Å². The first-order chi connectivity index (χ1) is 10.1. The molecule has 0 aliphatic rings. The fourth-order valence-corrected chi connectivity index (χ4v) is 3.34. The van der Waals surface area contributed by atoms with Gasteiger partial charge in [0, 0.05) is 13.1 Å². The van der Waals surface area contributed by atoms with Crippen molar-refractivity contribution in [2.45, 2.75) is 98.3 Å². The molecule has 0 saturated heterocycles. The van der Waals surface area contributed by atoms with Gasteiger partial charge in [-0.3, -0.25) is 0 Å². The molecule has 0 aliphatic carbocycles. The molecule has 0 amide bonds. The molecule has 2 unspecified atom stereocenters. The Labute approximate surface area is 135 Å². The van der Waals surface area contributed by atoms with Crippen molar-refractivity contribution in [2.75, 3.05) is 20.1 Å². The Kier molecular flexibility index (Phi) is 14.9. The van der Waals surface area contributed by atoms with Gasteiger partial charge < -0.3 is 4.90 Å². The van der Waals surface area contributed by atoms with Crippen LogP contribution in [0.2, 0.25) is 0 Å². The maximum absolute atomic E-state index is 2.57. The third-order valence-electron chi connectivity index (χ3n) is 4.60. The molecule has 0 aliphatic heterocycles. The first kappa shape index (κ1) is 21.0. The minimum Gasteiger partial charge on any atom is -0.306 e. The molecule has 128 valence electrons. The summed E-state index contributed by atoms with van der Waals surface area (Å²) in [6.07, 6.45) is 15.5. The molecule has 21 heavy (non-hydrogen) atoms. The van der Waals surface area contributed by atoms with Crippen LogP contribution in [0.15, 0.2) is 0 Å². The van der Waals surface area contributed by atoms with Crippen molar-refractivity contribution in [2.24, 2.45) is 11.8 Å². The smallest absolute Gasteiger partial charge is 0.000408 e. The Morgan fingerprint density at radius 3 is 1.43 bits per heavy atom. The van der Waals surface area contributed by atoms with Crippen molar-refractivity contribution in [1.82, 2.24) is 4.90 Å². The Balaban J connectivity index is 3.55. The summed E-state index contributed by atoms with van der Waals surface area (Å²) in [6.45, 7) is 12.0. The van der Waals surface area contributed by atoms with Gasteiger partial charge in [0.05, 0.1) is 0 Å². The second kappa shape index (κ2) is 14.9. The maximum Gasteiger partial charge on any atom is 0.000408 e. The summed E-state index contributed by atoms with van der Waals surface area (Å²) in [6, 6.07) is 0. The number of nitrogens with zero attached hydrogens (tertiary/aromatic N) is 1. The molecule has 0 bridgehead atoms. The van der Waals surface area contributed by atoms with E-state index in [1.54, 1.807) is 0 Å². The average Bonchev–Trinajstić information content (AvgIpc) is 2.43. The van der Waals surface area contributed by atoms with Gasteiger partial charge >= 0.3 is 0 Å². The molecule has 0 aromatic carbocycles. The highest BCUT2D eigenvalue weighted by atomic mass is 15.1. The summed E-state index contributed by atoms with van der Waals surface area (Å²) in [7, 11) is 2.32. The Hall–Kier alpha value is -0.0400. The van der Waals surface area contributed by atoms with Crippen LogP contribution in [-0.2, 0) is 0 Å². The molecule has 0 N–H and O–H groups in total. The Morgan fingerprint density at radius 2 is 1.00 bits per heavy atom. The summed E-state index contributed by atoms with van der Waals surface area (Å²) >= 11 is 0. The zero-order valence-electron chi connectivity index (χ0n) is 15.8. The molecule has 0 fully saturated rings. The Bertz CT molecular complexity index is 202. The lowest BCUT2D eigenvalue weighted by atomic mass is 9.99. The molecule has 0 aromatic rings. The van der Waals surface area contributed by atoms with Crippen molar-refractivity contribution in [3.8, 4) is 0 Å². The average molecular weight is 298 g/mol. The number of hydrogen-bond acceptors (Lipinski definition) is 1. The van der Waals surface area contributed by atoms with E-state index in [1.807, 2.05) is 0 Å². The standard InChI is InChI=1S/C20H43N/c1-6-8-10-12-14-16-20(4)18-21(5)17-19(3)15-13-11-9-7-2/h19-20H,6-18H2,1-5H3. The van der Waals surface area contributed by atoms with Crippen LogP contribution in [0.3, 0.4) is 0 Å². The van der Waals surface area contributed by atoms with E-state index < -0.39 is 0 Å². The van der Waals surface area contributed by atoms with E-state index in [9.17, 15) is 0 Å². The second-order valence-electron chi connectivity index (χ2n) is 7.48. The van der Waals surface area contributed by atoms with Crippen LogP contribution in [0, 0.1) is 11.8 Å². The van der Waals surface area contributed by atoms with Crippen LogP contribution in [-0.4, -0.2) is 25.0 Å². The first-order valence-electron chi connectivity index (χ1n) is 9.78. The molecular weight excluding hydrogens is 254 g/mol. The first-order valence-corrected chi connectivity index (χ1v) is 9.78. The fraction of sp³-hybridized carbons (Fsp3) is 1.00. The second-order valence-corrected chi connectivity index (χ2v) is 7.48. The van der Waals surface area contributed by atoms with Crippen LogP contribution >= 0.6 is 0 Å². The molecule has 0 spiro atoms.